The van der Waals surface area contributed by atoms with Gasteiger partial charge >= 0.3 is 11.9 Å². The third-order valence-electron chi connectivity index (χ3n) is 1.96. The van der Waals surface area contributed by atoms with Crippen molar-refractivity contribution < 1.29 is 24.5 Å². The number of hydrogen-bond donors (Lipinski definition) is 3. The van der Waals surface area contributed by atoms with Crippen molar-refractivity contribution in [3.8, 4) is 0 Å². The molecule has 0 saturated heterocycles. The maximum Gasteiger partial charge on any atom is 0.321 e. The monoisotopic (exact) mass is 219 g/mol. The predicted molar refractivity (Wildman–Crippen MR) is 52.1 cm³/mol. The van der Waals surface area contributed by atoms with Gasteiger partial charge in [-0.25, -0.2) is 0 Å². The van der Waals surface area contributed by atoms with Gasteiger partial charge in [-0.2, -0.15) is 0 Å². The number of unbranched alkanes of at least 4 members (excludes halogenated alkanes) is 1. The second-order valence-electron chi connectivity index (χ2n) is 3.17. The lowest BCUT2D eigenvalue weighted by Gasteiger charge is -2.16. The number of aliphatic carboxylic acids is 1. The molecule has 15 heavy (non-hydrogen) atoms. The number of carboxylic acids is 1. The Kier molecular flexibility index (Phi) is 6.64. The van der Waals surface area contributed by atoms with Crippen LogP contribution in [-0.2, 0) is 14.3 Å². The van der Waals surface area contributed by atoms with Gasteiger partial charge in [0.05, 0.1) is 13.2 Å². The van der Waals surface area contributed by atoms with Gasteiger partial charge in [0, 0.05) is 0 Å². The van der Waals surface area contributed by atoms with E-state index in [0.29, 0.717) is 6.42 Å². The van der Waals surface area contributed by atoms with Crippen LogP contribution in [0.15, 0.2) is 0 Å². The maximum absolute atomic E-state index is 11.3. The summed E-state index contributed by atoms with van der Waals surface area (Å²) in [5.74, 6) is -3.29. The van der Waals surface area contributed by atoms with E-state index in [2.05, 4.69) is 0 Å². The van der Waals surface area contributed by atoms with Gasteiger partial charge < -0.3 is 20.7 Å². The molecular formula is C9H17NO5. The Morgan fingerprint density at radius 1 is 1.47 bits per heavy atom. The molecule has 6 heteroatoms. The number of ether oxygens (including phenoxy) is 1. The molecule has 0 spiro atoms. The van der Waals surface area contributed by atoms with Gasteiger partial charge in [0.1, 0.15) is 12.0 Å². The molecule has 0 aromatic carbocycles. The van der Waals surface area contributed by atoms with E-state index >= 15 is 0 Å². The normalized spacial score (nSPS) is 14.3. The Bertz CT molecular complexity index is 219. The first-order valence-electron chi connectivity index (χ1n) is 4.80. The van der Waals surface area contributed by atoms with E-state index in [9.17, 15) is 9.59 Å². The molecule has 0 fully saturated rings. The highest BCUT2D eigenvalue weighted by Gasteiger charge is 2.31. The molecule has 0 rings (SSSR count). The lowest BCUT2D eigenvalue weighted by molar-refractivity contribution is -0.156. The Labute approximate surface area is 88.0 Å². The Balaban J connectivity index is 4.15. The summed E-state index contributed by atoms with van der Waals surface area (Å²) in [5.41, 5.74) is 5.22. The minimum atomic E-state index is -1.43. The summed E-state index contributed by atoms with van der Waals surface area (Å²) in [5, 5.41) is 17.4. The third-order valence-corrected chi connectivity index (χ3v) is 1.96. The second-order valence-corrected chi connectivity index (χ2v) is 3.17. The number of aliphatic hydroxyl groups is 1. The van der Waals surface area contributed by atoms with Gasteiger partial charge in [0.25, 0.3) is 0 Å². The van der Waals surface area contributed by atoms with Crippen LogP contribution in [0, 0.1) is 5.92 Å². The summed E-state index contributed by atoms with van der Waals surface area (Å²) in [6, 6.07) is -1.43. The highest BCUT2D eigenvalue weighted by molar-refractivity contribution is 5.83. The molecule has 0 aromatic heterocycles. The lowest BCUT2D eigenvalue weighted by atomic mass is 10.0. The number of nitrogens with two attached hydrogens (primary N) is 1. The molecule has 0 saturated carbocycles. The number of aliphatic hydroxyl groups excluding tert-OH is 1. The highest BCUT2D eigenvalue weighted by atomic mass is 16.5. The fraction of sp³-hybridized carbons (Fsp3) is 0.778. The predicted octanol–water partition coefficient (Wildman–Crippen LogP) is -0.650. The van der Waals surface area contributed by atoms with Crippen LogP contribution in [0.3, 0.4) is 0 Å². The molecule has 0 bridgehead atoms. The summed E-state index contributed by atoms with van der Waals surface area (Å²) >= 11 is 0. The lowest BCUT2D eigenvalue weighted by Crippen LogP contribution is -2.44. The van der Waals surface area contributed by atoms with E-state index < -0.39 is 30.5 Å². The largest absolute Gasteiger partial charge is 0.480 e. The first-order chi connectivity index (χ1) is 7.04. The van der Waals surface area contributed by atoms with E-state index in [1.165, 1.54) is 0 Å². The van der Waals surface area contributed by atoms with Gasteiger partial charge in [-0.1, -0.05) is 13.3 Å². The number of carbonyl (C=O) groups is 2. The van der Waals surface area contributed by atoms with Gasteiger partial charge in [0.15, 0.2) is 0 Å². The smallest absolute Gasteiger partial charge is 0.321 e. The summed E-state index contributed by atoms with van der Waals surface area (Å²) in [7, 11) is 0. The van der Waals surface area contributed by atoms with Crippen LogP contribution in [0.25, 0.3) is 0 Å². The van der Waals surface area contributed by atoms with Crippen molar-refractivity contribution in [2.75, 3.05) is 13.2 Å². The highest BCUT2D eigenvalue weighted by Crippen LogP contribution is 2.05. The fourth-order valence-corrected chi connectivity index (χ4v) is 0.931. The molecule has 0 radical (unpaired) electrons. The average molecular weight is 219 g/mol. The molecule has 0 aromatic rings. The zero-order valence-corrected chi connectivity index (χ0v) is 8.68. The Hall–Kier alpha value is -1.14. The number of esters is 1. The van der Waals surface area contributed by atoms with Crippen LogP contribution < -0.4 is 5.73 Å². The minimum Gasteiger partial charge on any atom is -0.480 e. The zero-order chi connectivity index (χ0) is 11.8. The molecule has 0 aliphatic carbocycles. The number of carboxylic acid groups (broad SMARTS) is 1. The molecular weight excluding hydrogens is 202 g/mol. The molecule has 4 N–H and O–H groups in total. The molecule has 0 aliphatic heterocycles. The Morgan fingerprint density at radius 3 is 2.47 bits per heavy atom. The van der Waals surface area contributed by atoms with Crippen molar-refractivity contribution in [1.82, 2.24) is 0 Å². The van der Waals surface area contributed by atoms with E-state index in [4.69, 9.17) is 20.7 Å². The van der Waals surface area contributed by atoms with Crippen molar-refractivity contribution in [2.45, 2.75) is 25.8 Å². The van der Waals surface area contributed by atoms with Crippen molar-refractivity contribution in [2.24, 2.45) is 11.7 Å². The first-order valence-corrected chi connectivity index (χ1v) is 4.80. The fourth-order valence-electron chi connectivity index (χ4n) is 0.931. The van der Waals surface area contributed by atoms with Crippen molar-refractivity contribution in [3.63, 3.8) is 0 Å². The summed E-state index contributed by atoms with van der Waals surface area (Å²) in [6.07, 6.45) is 1.56. The zero-order valence-electron chi connectivity index (χ0n) is 8.68. The van der Waals surface area contributed by atoms with Crippen LogP contribution in [0.4, 0.5) is 0 Å². The molecule has 0 heterocycles. The standard InChI is InChI=1S/C9H17NO5/c1-2-3-4-15-9(14)6(5-11)7(10)8(12)13/h6-7,11H,2-5,10H2,1H3,(H,12,13)/t6?,7-/m0/s1. The first kappa shape index (κ1) is 13.9. The van der Waals surface area contributed by atoms with E-state index in [1.807, 2.05) is 6.92 Å². The molecule has 6 nitrogen and oxygen atoms in total. The van der Waals surface area contributed by atoms with Gasteiger partial charge in [0.2, 0.25) is 0 Å². The van der Waals surface area contributed by atoms with Crippen LogP contribution in [0.5, 0.6) is 0 Å². The molecule has 1 unspecified atom stereocenters. The van der Waals surface area contributed by atoms with Crippen LogP contribution >= 0.6 is 0 Å². The van der Waals surface area contributed by atoms with E-state index in [1.54, 1.807) is 0 Å². The SMILES string of the molecule is CCCCOC(=O)C(CO)[C@H](N)C(=O)O. The topological polar surface area (TPSA) is 110 Å². The van der Waals surface area contributed by atoms with Crippen molar-refractivity contribution in [3.05, 3.63) is 0 Å². The molecule has 88 valence electrons. The number of rotatable bonds is 7. The number of carbonyl (C=O) groups excluding carboxylic acids is 1. The quantitative estimate of drug-likeness (QED) is 0.387. The number of hydrogen-bond acceptors (Lipinski definition) is 5. The average Bonchev–Trinajstić information content (AvgIpc) is 2.19. The summed E-state index contributed by atoms with van der Waals surface area (Å²) in [6.45, 7) is 1.52. The van der Waals surface area contributed by atoms with Gasteiger partial charge in [-0.3, -0.25) is 9.59 Å². The van der Waals surface area contributed by atoms with Crippen molar-refractivity contribution in [1.29, 1.82) is 0 Å². The van der Waals surface area contributed by atoms with Crippen LogP contribution in [-0.4, -0.2) is 41.4 Å². The maximum atomic E-state index is 11.3. The third kappa shape index (κ3) is 4.75. The van der Waals surface area contributed by atoms with E-state index in [0.717, 1.165) is 6.42 Å². The van der Waals surface area contributed by atoms with Gasteiger partial charge in [-0.05, 0) is 6.42 Å². The summed E-state index contributed by atoms with van der Waals surface area (Å²) < 4.78 is 4.76. The minimum absolute atomic E-state index is 0.220. The second kappa shape index (κ2) is 7.19. The molecule has 0 aliphatic rings. The van der Waals surface area contributed by atoms with Crippen LogP contribution in [0.2, 0.25) is 0 Å². The van der Waals surface area contributed by atoms with Crippen molar-refractivity contribution >= 4 is 11.9 Å². The Morgan fingerprint density at radius 2 is 2.07 bits per heavy atom. The van der Waals surface area contributed by atoms with Crippen LogP contribution in [0.1, 0.15) is 19.8 Å². The molecule has 2 atom stereocenters. The van der Waals surface area contributed by atoms with Gasteiger partial charge in [-0.15, -0.1) is 0 Å². The summed E-state index contributed by atoms with van der Waals surface area (Å²) in [4.78, 5) is 21.8. The molecule has 0 amide bonds. The van der Waals surface area contributed by atoms with E-state index in [-0.39, 0.29) is 6.61 Å².